The van der Waals surface area contributed by atoms with Crippen molar-refractivity contribution in [3.8, 4) is 0 Å². The summed E-state index contributed by atoms with van der Waals surface area (Å²) in [5.74, 6) is -1.66. The van der Waals surface area contributed by atoms with Crippen molar-refractivity contribution in [3.05, 3.63) is 10.1 Å². The first-order chi connectivity index (χ1) is 7.40. The van der Waals surface area contributed by atoms with Gasteiger partial charge in [-0.05, 0) is 6.92 Å². The van der Waals surface area contributed by atoms with E-state index in [9.17, 15) is 19.7 Å². The first-order valence-electron chi connectivity index (χ1n) is 4.85. The molecular weight excluding hydrogens is 218 g/mol. The molecule has 7 heteroatoms. The highest BCUT2D eigenvalue weighted by Crippen LogP contribution is 2.18. The van der Waals surface area contributed by atoms with Gasteiger partial charge in [0.2, 0.25) is 0 Å². The van der Waals surface area contributed by atoms with Crippen molar-refractivity contribution >= 4 is 11.9 Å². The SMILES string of the molecule is CCOC(=O)C(CC)(COC(C)=O)[N+](=O)[O-]. The predicted molar refractivity (Wildman–Crippen MR) is 53.3 cm³/mol. The Balaban J connectivity index is 4.91. The van der Waals surface area contributed by atoms with Crippen LogP contribution >= 0.6 is 0 Å². The van der Waals surface area contributed by atoms with Crippen molar-refractivity contribution in [2.75, 3.05) is 13.2 Å². The highest BCUT2D eigenvalue weighted by atomic mass is 16.6. The largest absolute Gasteiger partial charge is 0.461 e. The number of rotatable bonds is 6. The minimum Gasteiger partial charge on any atom is -0.461 e. The van der Waals surface area contributed by atoms with Gasteiger partial charge < -0.3 is 9.47 Å². The summed E-state index contributed by atoms with van der Waals surface area (Å²) in [5, 5.41) is 10.9. The van der Waals surface area contributed by atoms with Crippen LogP contribution in [-0.4, -0.2) is 35.6 Å². The molecular formula is C9H15NO6. The van der Waals surface area contributed by atoms with Crippen LogP contribution < -0.4 is 0 Å². The molecule has 0 saturated carbocycles. The molecule has 0 aliphatic carbocycles. The average Bonchev–Trinajstić information content (AvgIpc) is 2.18. The van der Waals surface area contributed by atoms with E-state index in [-0.39, 0.29) is 13.0 Å². The van der Waals surface area contributed by atoms with Crippen molar-refractivity contribution in [1.82, 2.24) is 0 Å². The number of hydrogen-bond donors (Lipinski definition) is 0. The van der Waals surface area contributed by atoms with Crippen LogP contribution in [0.5, 0.6) is 0 Å². The van der Waals surface area contributed by atoms with Gasteiger partial charge in [-0.1, -0.05) is 6.92 Å². The minimum absolute atomic E-state index is 0.0362. The molecule has 0 amide bonds. The summed E-state index contributed by atoms with van der Waals surface area (Å²) < 4.78 is 9.17. The van der Waals surface area contributed by atoms with Gasteiger partial charge in [0, 0.05) is 18.3 Å². The Labute approximate surface area is 92.9 Å². The second-order valence-corrected chi connectivity index (χ2v) is 3.14. The molecule has 0 spiro atoms. The van der Waals surface area contributed by atoms with Crippen LogP contribution in [0, 0.1) is 10.1 Å². The maximum Gasteiger partial charge on any atom is 0.388 e. The van der Waals surface area contributed by atoms with Crippen molar-refractivity contribution in [2.45, 2.75) is 32.7 Å². The van der Waals surface area contributed by atoms with E-state index in [1.807, 2.05) is 0 Å². The van der Waals surface area contributed by atoms with Gasteiger partial charge in [0.05, 0.1) is 6.61 Å². The van der Waals surface area contributed by atoms with Crippen LogP contribution in [0.4, 0.5) is 0 Å². The van der Waals surface area contributed by atoms with Crippen molar-refractivity contribution in [2.24, 2.45) is 0 Å². The molecule has 0 N–H and O–H groups in total. The lowest BCUT2D eigenvalue weighted by Gasteiger charge is -2.20. The van der Waals surface area contributed by atoms with Gasteiger partial charge in [-0.2, -0.15) is 0 Å². The van der Waals surface area contributed by atoms with Gasteiger partial charge in [0.1, 0.15) is 0 Å². The lowest BCUT2D eigenvalue weighted by Crippen LogP contribution is -2.51. The molecule has 16 heavy (non-hydrogen) atoms. The Morgan fingerprint density at radius 1 is 1.31 bits per heavy atom. The molecule has 0 saturated heterocycles. The van der Waals surface area contributed by atoms with Crippen LogP contribution in [0.3, 0.4) is 0 Å². The van der Waals surface area contributed by atoms with Crippen molar-refractivity contribution in [1.29, 1.82) is 0 Å². The third kappa shape index (κ3) is 3.18. The predicted octanol–water partition coefficient (Wildman–Crippen LogP) is 0.538. The molecule has 0 radical (unpaired) electrons. The highest BCUT2D eigenvalue weighted by molar-refractivity contribution is 5.80. The zero-order chi connectivity index (χ0) is 12.8. The summed E-state index contributed by atoms with van der Waals surface area (Å²) in [5.41, 5.74) is -2.00. The molecule has 92 valence electrons. The standard InChI is InChI=1S/C9H15NO6/c1-4-9(10(13)14,6-16-7(3)11)8(12)15-5-2/h4-6H2,1-3H3. The van der Waals surface area contributed by atoms with E-state index in [0.717, 1.165) is 6.92 Å². The molecule has 0 bridgehead atoms. The van der Waals surface area contributed by atoms with Gasteiger partial charge in [-0.3, -0.25) is 14.9 Å². The summed E-state index contributed by atoms with van der Waals surface area (Å²) in [4.78, 5) is 32.2. The van der Waals surface area contributed by atoms with Crippen molar-refractivity contribution < 1.29 is 24.0 Å². The second kappa shape index (κ2) is 6.04. The summed E-state index contributed by atoms with van der Waals surface area (Å²) in [6.45, 7) is 3.55. The maximum absolute atomic E-state index is 11.5. The Kier molecular flexibility index (Phi) is 5.41. The van der Waals surface area contributed by atoms with Crippen molar-refractivity contribution in [3.63, 3.8) is 0 Å². The highest BCUT2D eigenvalue weighted by Gasteiger charge is 2.52. The molecule has 7 nitrogen and oxygen atoms in total. The lowest BCUT2D eigenvalue weighted by molar-refractivity contribution is -0.559. The smallest absolute Gasteiger partial charge is 0.388 e. The Morgan fingerprint density at radius 3 is 2.19 bits per heavy atom. The topological polar surface area (TPSA) is 95.7 Å². The van der Waals surface area contributed by atoms with E-state index in [4.69, 9.17) is 0 Å². The zero-order valence-electron chi connectivity index (χ0n) is 9.52. The average molecular weight is 233 g/mol. The Bertz CT molecular complexity index is 290. The van der Waals surface area contributed by atoms with Gasteiger partial charge >= 0.3 is 17.5 Å². The van der Waals surface area contributed by atoms with E-state index in [1.54, 1.807) is 6.92 Å². The molecule has 1 unspecified atom stereocenters. The first-order valence-corrected chi connectivity index (χ1v) is 4.85. The monoisotopic (exact) mass is 233 g/mol. The summed E-state index contributed by atoms with van der Waals surface area (Å²) in [6.07, 6.45) is -0.105. The molecule has 0 heterocycles. The van der Waals surface area contributed by atoms with Gasteiger partial charge in [0.25, 0.3) is 0 Å². The third-order valence-corrected chi connectivity index (χ3v) is 2.10. The van der Waals surface area contributed by atoms with Crippen LogP contribution in [-0.2, 0) is 19.1 Å². The fourth-order valence-electron chi connectivity index (χ4n) is 1.05. The van der Waals surface area contributed by atoms with E-state index in [1.165, 1.54) is 6.92 Å². The fourth-order valence-corrected chi connectivity index (χ4v) is 1.05. The molecule has 1 atom stereocenters. The van der Waals surface area contributed by atoms with E-state index < -0.39 is 29.0 Å². The number of carbonyl (C=O) groups excluding carboxylic acids is 2. The van der Waals surface area contributed by atoms with Gasteiger partial charge in [-0.15, -0.1) is 0 Å². The Hall–Kier alpha value is -1.66. The van der Waals surface area contributed by atoms with E-state index in [0.29, 0.717) is 0 Å². The fraction of sp³-hybridized carbons (Fsp3) is 0.778. The number of hydrogen-bond acceptors (Lipinski definition) is 6. The molecule has 0 fully saturated rings. The second-order valence-electron chi connectivity index (χ2n) is 3.14. The normalized spacial score (nSPS) is 13.7. The van der Waals surface area contributed by atoms with Gasteiger partial charge in [-0.25, -0.2) is 4.79 Å². The number of nitro groups is 1. The van der Waals surface area contributed by atoms with Crippen LogP contribution in [0.2, 0.25) is 0 Å². The number of nitrogens with zero attached hydrogens (tertiary/aromatic N) is 1. The summed E-state index contributed by atoms with van der Waals surface area (Å²) >= 11 is 0. The van der Waals surface area contributed by atoms with Gasteiger partial charge in [0.15, 0.2) is 6.61 Å². The first kappa shape index (κ1) is 14.3. The van der Waals surface area contributed by atoms with Crippen LogP contribution in [0.15, 0.2) is 0 Å². The summed E-state index contributed by atoms with van der Waals surface area (Å²) in [6, 6.07) is 0. The summed E-state index contributed by atoms with van der Waals surface area (Å²) in [7, 11) is 0. The third-order valence-electron chi connectivity index (χ3n) is 2.10. The van der Waals surface area contributed by atoms with E-state index in [2.05, 4.69) is 9.47 Å². The minimum atomic E-state index is -2.00. The molecule has 0 aromatic rings. The van der Waals surface area contributed by atoms with Crippen LogP contribution in [0.1, 0.15) is 27.2 Å². The quantitative estimate of drug-likeness (QED) is 0.377. The molecule has 0 aromatic heterocycles. The lowest BCUT2D eigenvalue weighted by atomic mass is 9.98. The zero-order valence-corrected chi connectivity index (χ0v) is 9.52. The molecule has 0 aliphatic rings. The molecule has 0 rings (SSSR count). The Morgan fingerprint density at radius 2 is 1.88 bits per heavy atom. The van der Waals surface area contributed by atoms with Crippen LogP contribution in [0.25, 0.3) is 0 Å². The number of esters is 2. The number of ether oxygens (including phenoxy) is 2. The van der Waals surface area contributed by atoms with E-state index >= 15 is 0 Å². The molecule has 0 aliphatic heterocycles. The number of carbonyl (C=O) groups is 2. The maximum atomic E-state index is 11.5. The molecule has 0 aromatic carbocycles.